The second kappa shape index (κ2) is 10.6. The quantitative estimate of drug-likeness (QED) is 0.442. The smallest absolute Gasteiger partial charge is 0.251 e. The summed E-state index contributed by atoms with van der Waals surface area (Å²) in [6, 6.07) is 24.8. The maximum atomic E-state index is 12.3. The Balaban J connectivity index is 1.16. The van der Waals surface area contributed by atoms with E-state index in [4.69, 9.17) is 0 Å². The maximum absolute atomic E-state index is 12.3. The minimum atomic E-state index is -0.221. The largest absolute Gasteiger partial charge is 0.354 e. The van der Waals surface area contributed by atoms with E-state index in [9.17, 15) is 14.4 Å². The second-order valence-electron chi connectivity index (χ2n) is 8.19. The van der Waals surface area contributed by atoms with Crippen LogP contribution in [0.25, 0.3) is 11.1 Å². The number of hydrogen-bond donors (Lipinski definition) is 3. The lowest BCUT2D eigenvalue weighted by Crippen LogP contribution is -2.35. The van der Waals surface area contributed by atoms with Crippen molar-refractivity contribution in [3.05, 3.63) is 90.0 Å². The Morgan fingerprint density at radius 2 is 1.36 bits per heavy atom. The van der Waals surface area contributed by atoms with E-state index in [1.165, 1.54) is 0 Å². The fourth-order valence-electron chi connectivity index (χ4n) is 3.47. The first-order chi connectivity index (χ1) is 16.1. The summed E-state index contributed by atoms with van der Waals surface area (Å²) in [6.07, 6.45) is 2.18. The Morgan fingerprint density at radius 1 is 0.727 bits per heavy atom. The van der Waals surface area contributed by atoms with Gasteiger partial charge < -0.3 is 16.0 Å². The van der Waals surface area contributed by atoms with Gasteiger partial charge in [0.1, 0.15) is 0 Å². The number of benzene rings is 3. The molecule has 3 amide bonds. The first-order valence-corrected chi connectivity index (χ1v) is 11.2. The van der Waals surface area contributed by atoms with Gasteiger partial charge in [0.25, 0.3) is 5.91 Å². The highest BCUT2D eigenvalue weighted by molar-refractivity contribution is 5.96. The SMILES string of the molecule is O=C(Cc1ccc(-c2ccccc2)cc1)NCCNC(=O)c1ccc(NC(=O)C2CC2)cc1. The third kappa shape index (κ3) is 6.53. The normalized spacial score (nSPS) is 12.6. The Bertz CT molecular complexity index is 1110. The van der Waals surface area contributed by atoms with Crippen molar-refractivity contribution in [3.8, 4) is 11.1 Å². The molecule has 4 rings (SSSR count). The molecule has 0 radical (unpaired) electrons. The summed E-state index contributed by atoms with van der Waals surface area (Å²) in [6.45, 7) is 0.680. The molecule has 0 aromatic heterocycles. The molecule has 3 N–H and O–H groups in total. The Hall–Kier alpha value is -3.93. The summed E-state index contributed by atoms with van der Waals surface area (Å²) in [5.41, 5.74) is 4.38. The fourth-order valence-corrected chi connectivity index (χ4v) is 3.47. The van der Waals surface area contributed by atoms with Gasteiger partial charge in [0, 0.05) is 30.3 Å². The number of rotatable bonds is 9. The molecule has 3 aromatic rings. The summed E-state index contributed by atoms with van der Waals surface area (Å²) in [7, 11) is 0. The van der Waals surface area contributed by atoms with E-state index in [0.29, 0.717) is 24.3 Å². The van der Waals surface area contributed by atoms with E-state index in [1.54, 1.807) is 24.3 Å². The zero-order chi connectivity index (χ0) is 23.0. The van der Waals surface area contributed by atoms with Crippen LogP contribution >= 0.6 is 0 Å². The van der Waals surface area contributed by atoms with Gasteiger partial charge >= 0.3 is 0 Å². The van der Waals surface area contributed by atoms with E-state index < -0.39 is 0 Å². The molecule has 1 saturated carbocycles. The molecule has 0 unspecified atom stereocenters. The van der Waals surface area contributed by atoms with E-state index in [-0.39, 0.29) is 30.1 Å². The minimum Gasteiger partial charge on any atom is -0.354 e. The van der Waals surface area contributed by atoms with Crippen LogP contribution in [-0.2, 0) is 16.0 Å². The van der Waals surface area contributed by atoms with Crippen LogP contribution in [0.1, 0.15) is 28.8 Å². The zero-order valence-corrected chi connectivity index (χ0v) is 18.3. The predicted molar refractivity (Wildman–Crippen MR) is 129 cm³/mol. The van der Waals surface area contributed by atoms with Gasteiger partial charge in [-0.2, -0.15) is 0 Å². The van der Waals surface area contributed by atoms with Gasteiger partial charge in [0.05, 0.1) is 6.42 Å². The Labute approximate surface area is 193 Å². The van der Waals surface area contributed by atoms with Crippen molar-refractivity contribution in [1.82, 2.24) is 10.6 Å². The average molecular weight is 442 g/mol. The number of anilines is 1. The number of nitrogens with one attached hydrogen (secondary N) is 3. The molecular formula is C27H27N3O3. The molecule has 6 nitrogen and oxygen atoms in total. The lowest BCUT2D eigenvalue weighted by atomic mass is 10.0. The summed E-state index contributed by atoms with van der Waals surface area (Å²) < 4.78 is 0. The Morgan fingerprint density at radius 3 is 2.03 bits per heavy atom. The van der Waals surface area contributed by atoms with Crippen molar-refractivity contribution in [2.45, 2.75) is 19.3 Å². The maximum Gasteiger partial charge on any atom is 0.251 e. The highest BCUT2D eigenvalue weighted by Crippen LogP contribution is 2.30. The number of hydrogen-bond acceptors (Lipinski definition) is 3. The van der Waals surface area contributed by atoms with Crippen molar-refractivity contribution >= 4 is 23.4 Å². The topological polar surface area (TPSA) is 87.3 Å². The molecule has 1 aliphatic carbocycles. The zero-order valence-electron chi connectivity index (χ0n) is 18.3. The third-order valence-electron chi connectivity index (χ3n) is 5.52. The molecule has 1 fully saturated rings. The minimum absolute atomic E-state index is 0.0371. The molecule has 0 heterocycles. The van der Waals surface area contributed by atoms with Crippen molar-refractivity contribution in [2.75, 3.05) is 18.4 Å². The van der Waals surface area contributed by atoms with Crippen LogP contribution < -0.4 is 16.0 Å². The molecule has 1 aliphatic rings. The first-order valence-electron chi connectivity index (χ1n) is 11.2. The average Bonchev–Trinajstić information content (AvgIpc) is 3.69. The highest BCUT2D eigenvalue weighted by atomic mass is 16.2. The molecule has 3 aromatic carbocycles. The van der Waals surface area contributed by atoms with Crippen LogP contribution in [0.15, 0.2) is 78.9 Å². The molecular weight excluding hydrogens is 414 g/mol. The van der Waals surface area contributed by atoms with Crippen molar-refractivity contribution in [3.63, 3.8) is 0 Å². The lowest BCUT2D eigenvalue weighted by Gasteiger charge is -2.09. The van der Waals surface area contributed by atoms with E-state index in [2.05, 4.69) is 28.1 Å². The van der Waals surface area contributed by atoms with Gasteiger partial charge in [-0.3, -0.25) is 14.4 Å². The van der Waals surface area contributed by atoms with Gasteiger partial charge in [-0.05, 0) is 53.8 Å². The summed E-state index contributed by atoms with van der Waals surface area (Å²) in [5, 5.41) is 8.47. The monoisotopic (exact) mass is 441 g/mol. The molecule has 0 saturated heterocycles. The van der Waals surface area contributed by atoms with E-state index >= 15 is 0 Å². The van der Waals surface area contributed by atoms with Crippen molar-refractivity contribution in [1.29, 1.82) is 0 Å². The number of carbonyl (C=O) groups is 3. The van der Waals surface area contributed by atoms with Gasteiger partial charge in [0.2, 0.25) is 11.8 Å². The van der Waals surface area contributed by atoms with Crippen LogP contribution in [0.4, 0.5) is 5.69 Å². The predicted octanol–water partition coefficient (Wildman–Crippen LogP) is 3.79. The van der Waals surface area contributed by atoms with Gasteiger partial charge in [-0.1, -0.05) is 54.6 Å². The number of carbonyl (C=O) groups excluding carboxylic acids is 3. The van der Waals surface area contributed by atoms with Gasteiger partial charge in [-0.15, -0.1) is 0 Å². The molecule has 0 spiro atoms. The van der Waals surface area contributed by atoms with E-state index in [0.717, 1.165) is 29.5 Å². The summed E-state index contributed by atoms with van der Waals surface area (Å²) in [4.78, 5) is 36.3. The first kappa shape index (κ1) is 22.3. The fraction of sp³-hybridized carbons (Fsp3) is 0.222. The van der Waals surface area contributed by atoms with E-state index in [1.807, 2.05) is 42.5 Å². The molecule has 6 heteroatoms. The number of amides is 3. The highest BCUT2D eigenvalue weighted by Gasteiger charge is 2.29. The molecule has 33 heavy (non-hydrogen) atoms. The van der Waals surface area contributed by atoms with Crippen LogP contribution in [0.3, 0.4) is 0 Å². The van der Waals surface area contributed by atoms with Crippen LogP contribution in [-0.4, -0.2) is 30.8 Å². The Kier molecular flexibility index (Phi) is 7.15. The van der Waals surface area contributed by atoms with Crippen LogP contribution in [0, 0.1) is 5.92 Å². The molecule has 0 aliphatic heterocycles. The molecule has 0 bridgehead atoms. The molecule has 168 valence electrons. The van der Waals surface area contributed by atoms with Crippen LogP contribution in [0.5, 0.6) is 0 Å². The third-order valence-corrected chi connectivity index (χ3v) is 5.52. The van der Waals surface area contributed by atoms with Crippen molar-refractivity contribution < 1.29 is 14.4 Å². The lowest BCUT2D eigenvalue weighted by molar-refractivity contribution is -0.120. The second-order valence-corrected chi connectivity index (χ2v) is 8.19. The standard InChI is InChI=1S/C27H27N3O3/c31-25(18-19-6-8-21(9-7-19)20-4-2-1-3-5-20)28-16-17-29-26(32)22-12-14-24(15-13-22)30-27(33)23-10-11-23/h1-9,12-15,23H,10-11,16-18H2,(H,28,31)(H,29,32)(H,30,33). The van der Waals surface area contributed by atoms with Crippen LogP contribution in [0.2, 0.25) is 0 Å². The summed E-state index contributed by atoms with van der Waals surface area (Å²) in [5.74, 6) is -0.139. The van der Waals surface area contributed by atoms with Gasteiger partial charge in [0.15, 0.2) is 0 Å². The summed E-state index contributed by atoms with van der Waals surface area (Å²) >= 11 is 0. The van der Waals surface area contributed by atoms with Crippen molar-refractivity contribution in [2.24, 2.45) is 5.92 Å². The molecule has 0 atom stereocenters. The van der Waals surface area contributed by atoms with Gasteiger partial charge in [-0.25, -0.2) is 0 Å².